The highest BCUT2D eigenvalue weighted by molar-refractivity contribution is 5.97. The van der Waals surface area contributed by atoms with Gasteiger partial charge in [-0.25, -0.2) is 9.48 Å². The molecule has 0 bridgehead atoms. The molecule has 1 aliphatic heterocycles. The van der Waals surface area contributed by atoms with Gasteiger partial charge in [0.15, 0.2) is 0 Å². The maximum absolute atomic E-state index is 13.1. The molecule has 0 radical (unpaired) electrons. The number of rotatable bonds is 6. The molecule has 1 aliphatic rings. The minimum atomic E-state index is -0.499. The number of allylic oxidation sites excluding steroid dienone is 1. The van der Waals surface area contributed by atoms with Crippen molar-refractivity contribution < 1.29 is 14.3 Å². The molecule has 1 amide bonds. The van der Waals surface area contributed by atoms with Crippen LogP contribution in [0.1, 0.15) is 36.6 Å². The van der Waals surface area contributed by atoms with E-state index in [2.05, 4.69) is 15.4 Å². The van der Waals surface area contributed by atoms with Gasteiger partial charge in [-0.2, -0.15) is 10.1 Å². The smallest absolute Gasteiger partial charge is 0.338 e. The van der Waals surface area contributed by atoms with E-state index in [1.165, 1.54) is 6.33 Å². The molecule has 2 aromatic carbocycles. The molecule has 1 N–H and O–H groups in total. The number of hydrogen-bond acceptors (Lipinski definition) is 6. The number of aryl methyl sites for hydroxylation is 2. The Morgan fingerprint density at radius 1 is 1.09 bits per heavy atom. The third-order valence-electron chi connectivity index (χ3n) is 5.68. The van der Waals surface area contributed by atoms with Crippen LogP contribution in [0.2, 0.25) is 0 Å². The maximum Gasteiger partial charge on any atom is 0.338 e. The summed E-state index contributed by atoms with van der Waals surface area (Å²) in [4.78, 5) is 32.2. The van der Waals surface area contributed by atoms with Gasteiger partial charge in [-0.3, -0.25) is 4.79 Å². The van der Waals surface area contributed by atoms with Gasteiger partial charge >= 0.3 is 5.97 Å². The van der Waals surface area contributed by atoms with Crippen LogP contribution in [-0.2, 0) is 14.3 Å². The molecular weight excluding hydrogens is 418 g/mol. The van der Waals surface area contributed by atoms with E-state index < -0.39 is 12.0 Å². The van der Waals surface area contributed by atoms with Crippen LogP contribution in [0.4, 0.5) is 11.6 Å². The number of hydrogen-bond donors (Lipinski definition) is 1. The van der Waals surface area contributed by atoms with Crippen molar-refractivity contribution in [2.75, 3.05) is 23.4 Å². The summed E-state index contributed by atoms with van der Waals surface area (Å²) in [6, 6.07) is 15.0. The highest BCUT2D eigenvalue weighted by Gasteiger charge is 2.38. The number of aromatic nitrogens is 3. The number of ether oxygens (including phenoxy) is 1. The molecule has 3 aromatic rings. The number of carbonyl (C=O) groups excluding carboxylic acids is 2. The van der Waals surface area contributed by atoms with Crippen molar-refractivity contribution in [1.82, 2.24) is 14.8 Å². The summed E-state index contributed by atoms with van der Waals surface area (Å²) in [6.07, 6.45) is 1.43. The fraction of sp³-hybridized carbons (Fsp3) is 0.280. The van der Waals surface area contributed by atoms with Gasteiger partial charge in [0.2, 0.25) is 11.9 Å². The Bertz CT molecular complexity index is 1220. The van der Waals surface area contributed by atoms with E-state index in [0.29, 0.717) is 17.2 Å². The second kappa shape index (κ2) is 9.28. The summed E-state index contributed by atoms with van der Waals surface area (Å²) in [5.41, 5.74) is 4.77. The van der Waals surface area contributed by atoms with Crippen molar-refractivity contribution in [2.24, 2.45) is 0 Å². The number of esters is 1. The first-order valence-electron chi connectivity index (χ1n) is 10.9. The molecule has 8 heteroatoms. The Labute approximate surface area is 192 Å². The molecule has 0 unspecified atom stereocenters. The lowest BCUT2D eigenvalue weighted by molar-refractivity contribution is -0.139. The molecule has 0 fully saturated rings. The van der Waals surface area contributed by atoms with Crippen molar-refractivity contribution in [2.45, 2.75) is 33.7 Å². The lowest BCUT2D eigenvalue weighted by atomic mass is 9.95. The van der Waals surface area contributed by atoms with Gasteiger partial charge in [0.25, 0.3) is 0 Å². The van der Waals surface area contributed by atoms with Crippen molar-refractivity contribution in [1.29, 1.82) is 0 Å². The van der Waals surface area contributed by atoms with Crippen molar-refractivity contribution in [3.8, 4) is 0 Å². The SMILES string of the molecule is CCOC(=O)C1=C(C)N(CC(=O)Nc2ccc(C)cc2C)c2ncnn2[C@@H]1c1ccccc1. The second-order valence-electron chi connectivity index (χ2n) is 7.99. The molecule has 0 spiro atoms. The van der Waals surface area contributed by atoms with Crippen LogP contribution in [0.5, 0.6) is 0 Å². The standard InChI is InChI=1S/C25H27N5O3/c1-5-33-24(32)22-18(4)29(14-21(31)28-20-12-11-16(2)13-17(20)3)25-26-15-27-30(25)23(22)19-9-7-6-8-10-19/h6-13,15,23H,5,14H2,1-4H3,(H,28,31)/t23-/m1/s1. The van der Waals surface area contributed by atoms with Gasteiger partial charge in [0.05, 0.1) is 12.2 Å². The quantitative estimate of drug-likeness (QED) is 0.581. The zero-order valence-corrected chi connectivity index (χ0v) is 19.2. The van der Waals surface area contributed by atoms with Crippen molar-refractivity contribution in [3.63, 3.8) is 0 Å². The minimum Gasteiger partial charge on any atom is -0.463 e. The Kier molecular flexibility index (Phi) is 6.26. The molecule has 0 saturated heterocycles. The van der Waals surface area contributed by atoms with Gasteiger partial charge in [-0.15, -0.1) is 0 Å². The summed E-state index contributed by atoms with van der Waals surface area (Å²) in [5.74, 6) is -0.174. The number of amides is 1. The summed E-state index contributed by atoms with van der Waals surface area (Å²) < 4.78 is 7.05. The van der Waals surface area contributed by atoms with E-state index >= 15 is 0 Å². The van der Waals surface area contributed by atoms with E-state index in [9.17, 15) is 9.59 Å². The monoisotopic (exact) mass is 445 g/mol. The summed E-state index contributed by atoms with van der Waals surface area (Å²) in [6.45, 7) is 7.76. The Hall–Kier alpha value is -3.94. The topological polar surface area (TPSA) is 89.3 Å². The number of anilines is 2. The molecule has 1 atom stereocenters. The molecule has 4 rings (SSSR count). The zero-order valence-electron chi connectivity index (χ0n) is 19.2. The lowest BCUT2D eigenvalue weighted by Crippen LogP contribution is -2.41. The minimum absolute atomic E-state index is 0.0255. The highest BCUT2D eigenvalue weighted by Crippen LogP contribution is 2.38. The fourth-order valence-electron chi connectivity index (χ4n) is 4.12. The third kappa shape index (κ3) is 4.37. The third-order valence-corrected chi connectivity index (χ3v) is 5.68. The van der Waals surface area contributed by atoms with Gasteiger partial charge in [-0.05, 0) is 44.9 Å². The Balaban J connectivity index is 1.71. The first-order valence-corrected chi connectivity index (χ1v) is 10.9. The molecule has 170 valence electrons. The normalized spacial score (nSPS) is 15.3. The van der Waals surface area contributed by atoms with Gasteiger partial charge in [-0.1, -0.05) is 48.0 Å². The number of fused-ring (bicyclic) bond motifs is 1. The molecule has 1 aromatic heterocycles. The molecule has 0 saturated carbocycles. The van der Waals surface area contributed by atoms with Gasteiger partial charge < -0.3 is 15.0 Å². The highest BCUT2D eigenvalue weighted by atomic mass is 16.5. The maximum atomic E-state index is 13.1. The first-order chi connectivity index (χ1) is 15.9. The predicted molar refractivity (Wildman–Crippen MR) is 126 cm³/mol. The Morgan fingerprint density at radius 3 is 2.55 bits per heavy atom. The average molecular weight is 446 g/mol. The van der Waals surface area contributed by atoms with E-state index in [-0.39, 0.29) is 19.1 Å². The average Bonchev–Trinajstić information content (AvgIpc) is 3.27. The molecule has 2 heterocycles. The van der Waals surface area contributed by atoms with Crippen LogP contribution in [0.15, 0.2) is 66.1 Å². The summed E-state index contributed by atoms with van der Waals surface area (Å²) in [5, 5.41) is 7.36. The number of nitrogens with one attached hydrogen (secondary N) is 1. The molecule has 33 heavy (non-hydrogen) atoms. The van der Waals surface area contributed by atoms with Crippen molar-refractivity contribution in [3.05, 3.63) is 82.8 Å². The molecule has 8 nitrogen and oxygen atoms in total. The predicted octanol–water partition coefficient (Wildman–Crippen LogP) is 3.78. The molecular formula is C25H27N5O3. The second-order valence-corrected chi connectivity index (χ2v) is 7.99. The van der Waals surface area contributed by atoms with Gasteiger partial charge in [0.1, 0.15) is 18.9 Å². The van der Waals surface area contributed by atoms with E-state index in [0.717, 1.165) is 22.4 Å². The van der Waals surface area contributed by atoms with Crippen LogP contribution in [0, 0.1) is 13.8 Å². The summed E-state index contributed by atoms with van der Waals surface area (Å²) >= 11 is 0. The van der Waals surface area contributed by atoms with Crippen LogP contribution < -0.4 is 10.2 Å². The fourth-order valence-corrected chi connectivity index (χ4v) is 4.12. The van der Waals surface area contributed by atoms with E-state index in [1.54, 1.807) is 16.5 Å². The number of carbonyl (C=O) groups is 2. The van der Waals surface area contributed by atoms with Crippen molar-refractivity contribution >= 4 is 23.5 Å². The van der Waals surface area contributed by atoms with Crippen LogP contribution in [-0.4, -0.2) is 39.8 Å². The zero-order chi connectivity index (χ0) is 23.5. The van der Waals surface area contributed by atoms with Crippen LogP contribution >= 0.6 is 0 Å². The first kappa shape index (κ1) is 22.3. The van der Waals surface area contributed by atoms with Crippen LogP contribution in [0.3, 0.4) is 0 Å². The largest absolute Gasteiger partial charge is 0.463 e. The lowest BCUT2D eigenvalue weighted by Gasteiger charge is -2.35. The Morgan fingerprint density at radius 2 is 1.85 bits per heavy atom. The summed E-state index contributed by atoms with van der Waals surface area (Å²) in [7, 11) is 0. The van der Waals surface area contributed by atoms with E-state index in [1.807, 2.05) is 69.3 Å². The van der Waals surface area contributed by atoms with Crippen LogP contribution in [0.25, 0.3) is 0 Å². The van der Waals surface area contributed by atoms with Gasteiger partial charge in [0, 0.05) is 11.4 Å². The number of nitrogens with zero attached hydrogens (tertiary/aromatic N) is 4. The van der Waals surface area contributed by atoms with E-state index in [4.69, 9.17) is 4.74 Å². The number of benzene rings is 2. The molecule has 0 aliphatic carbocycles.